The summed E-state index contributed by atoms with van der Waals surface area (Å²) in [6.07, 6.45) is 101. The number of ether oxygens (including phenoxy) is 1. The summed E-state index contributed by atoms with van der Waals surface area (Å²) in [6, 6.07) is -0.625. The molecule has 89 heavy (non-hydrogen) atoms. The molecule has 0 fully saturated rings. The van der Waals surface area contributed by atoms with Crippen molar-refractivity contribution in [3.8, 4) is 0 Å². The number of hydrogen-bond donors (Lipinski definition) is 3. The van der Waals surface area contributed by atoms with Crippen LogP contribution < -0.4 is 5.32 Å². The molecule has 2 unspecified atom stereocenters. The van der Waals surface area contributed by atoms with E-state index >= 15 is 0 Å². The summed E-state index contributed by atoms with van der Waals surface area (Å²) in [4.78, 5) is 24.7. The Balaban J connectivity index is 3.33. The van der Waals surface area contributed by atoms with E-state index in [1.807, 2.05) is 6.08 Å². The molecule has 0 aromatic heterocycles. The number of carbonyl (C=O) groups is 2. The molecule has 6 heteroatoms. The SMILES string of the molecule is CCCCCCCCCCCCCCCCCCCCCC/C=C/C(O)C(CO)NC(=O)CCCCCCCCCCCCCCCCCCCCCCCCCCCCCCCCCCOC(=O)CCCCCCCCCCCCCCCCCCCC. The van der Waals surface area contributed by atoms with Crippen molar-refractivity contribution >= 4 is 11.9 Å². The predicted molar refractivity (Wildman–Crippen MR) is 394 cm³/mol. The smallest absolute Gasteiger partial charge is 0.305 e. The highest BCUT2D eigenvalue weighted by Crippen LogP contribution is 2.21. The largest absolute Gasteiger partial charge is 0.466 e. The number of amides is 1. The Labute approximate surface area is 559 Å². The van der Waals surface area contributed by atoms with Crippen molar-refractivity contribution in [3.63, 3.8) is 0 Å². The minimum atomic E-state index is -0.842. The van der Waals surface area contributed by atoms with Crippen molar-refractivity contribution < 1.29 is 24.5 Å². The average molecular weight is 1260 g/mol. The van der Waals surface area contributed by atoms with Crippen LogP contribution in [-0.2, 0) is 14.3 Å². The molecule has 0 aliphatic carbocycles. The van der Waals surface area contributed by atoms with Gasteiger partial charge in [0.2, 0.25) is 5.91 Å². The summed E-state index contributed by atoms with van der Waals surface area (Å²) in [7, 11) is 0. The number of aliphatic hydroxyl groups is 2. The van der Waals surface area contributed by atoms with Crippen LogP contribution in [0.25, 0.3) is 0 Å². The number of aliphatic hydroxyl groups excluding tert-OH is 2. The van der Waals surface area contributed by atoms with Crippen LogP contribution in [0.15, 0.2) is 12.2 Å². The van der Waals surface area contributed by atoms with Gasteiger partial charge in [-0.3, -0.25) is 9.59 Å². The molecule has 0 aromatic rings. The first-order chi connectivity index (χ1) is 44.0. The highest BCUT2D eigenvalue weighted by molar-refractivity contribution is 5.76. The van der Waals surface area contributed by atoms with Gasteiger partial charge in [-0.1, -0.05) is 450 Å². The van der Waals surface area contributed by atoms with E-state index in [2.05, 4.69) is 19.2 Å². The molecule has 1 amide bonds. The Morgan fingerprint density at radius 3 is 0.764 bits per heavy atom. The predicted octanol–water partition coefficient (Wildman–Crippen LogP) is 27.4. The number of allylic oxidation sites excluding steroid dienone is 1. The van der Waals surface area contributed by atoms with Crippen LogP contribution in [0.5, 0.6) is 0 Å². The topological polar surface area (TPSA) is 95.9 Å². The first kappa shape index (κ1) is 87.6. The van der Waals surface area contributed by atoms with Crippen LogP contribution in [0.4, 0.5) is 0 Å². The van der Waals surface area contributed by atoms with Gasteiger partial charge in [0.25, 0.3) is 0 Å². The Hall–Kier alpha value is -1.40. The second-order valence-corrected chi connectivity index (χ2v) is 28.8. The van der Waals surface area contributed by atoms with Crippen molar-refractivity contribution in [2.24, 2.45) is 0 Å². The molecule has 0 aliphatic heterocycles. The van der Waals surface area contributed by atoms with Gasteiger partial charge in [0.05, 0.1) is 25.4 Å². The first-order valence-corrected chi connectivity index (χ1v) is 41.5. The summed E-state index contributed by atoms with van der Waals surface area (Å²) >= 11 is 0. The third-order valence-electron chi connectivity index (χ3n) is 19.8. The quantitative estimate of drug-likeness (QED) is 0.0320. The molecule has 0 rings (SSSR count). The van der Waals surface area contributed by atoms with E-state index in [-0.39, 0.29) is 18.5 Å². The molecule has 0 saturated heterocycles. The van der Waals surface area contributed by atoms with Crippen molar-refractivity contribution in [2.45, 2.75) is 495 Å². The maximum atomic E-state index is 12.6. The highest BCUT2D eigenvalue weighted by Gasteiger charge is 2.18. The van der Waals surface area contributed by atoms with Crippen molar-refractivity contribution in [1.29, 1.82) is 0 Å². The average Bonchev–Trinajstić information content (AvgIpc) is 3.58. The molecule has 0 bridgehead atoms. The fraction of sp³-hybridized carbons (Fsp3) is 0.952. The van der Waals surface area contributed by atoms with E-state index < -0.39 is 12.1 Å². The molecular formula is C83H163NO5. The van der Waals surface area contributed by atoms with Crippen LogP contribution in [0.3, 0.4) is 0 Å². The minimum absolute atomic E-state index is 0.0268. The van der Waals surface area contributed by atoms with E-state index in [9.17, 15) is 19.8 Å². The van der Waals surface area contributed by atoms with E-state index in [0.717, 1.165) is 38.5 Å². The summed E-state index contributed by atoms with van der Waals surface area (Å²) in [5, 5.41) is 23.3. The molecule has 0 saturated carbocycles. The zero-order valence-electron chi connectivity index (χ0n) is 61.0. The minimum Gasteiger partial charge on any atom is -0.466 e. The summed E-state index contributed by atoms with van der Waals surface area (Å²) in [5.74, 6) is -0.0310. The molecule has 0 aliphatic rings. The number of unbranched alkanes of at least 4 members (excludes halogenated alkanes) is 68. The van der Waals surface area contributed by atoms with Gasteiger partial charge in [-0.25, -0.2) is 0 Å². The van der Waals surface area contributed by atoms with Gasteiger partial charge in [-0.05, 0) is 32.1 Å². The van der Waals surface area contributed by atoms with Gasteiger partial charge >= 0.3 is 5.97 Å². The Morgan fingerprint density at radius 1 is 0.303 bits per heavy atom. The van der Waals surface area contributed by atoms with Crippen LogP contribution in [0, 0.1) is 0 Å². The van der Waals surface area contributed by atoms with Gasteiger partial charge in [-0.15, -0.1) is 0 Å². The van der Waals surface area contributed by atoms with Gasteiger partial charge in [0.15, 0.2) is 0 Å². The Bertz CT molecular complexity index is 1350. The van der Waals surface area contributed by atoms with E-state index in [0.29, 0.717) is 19.4 Å². The normalized spacial score (nSPS) is 12.4. The van der Waals surface area contributed by atoms with Crippen molar-refractivity contribution in [2.75, 3.05) is 13.2 Å². The molecule has 0 spiro atoms. The molecule has 0 aromatic carbocycles. The summed E-state index contributed by atoms with van der Waals surface area (Å²) in [6.45, 7) is 4.97. The van der Waals surface area contributed by atoms with Crippen molar-refractivity contribution in [3.05, 3.63) is 12.2 Å². The van der Waals surface area contributed by atoms with Crippen LogP contribution >= 0.6 is 0 Å². The maximum absolute atomic E-state index is 12.6. The second kappa shape index (κ2) is 79.0. The lowest BCUT2D eigenvalue weighted by molar-refractivity contribution is -0.143. The summed E-state index contributed by atoms with van der Waals surface area (Å²) < 4.78 is 5.52. The number of nitrogens with one attached hydrogen (secondary N) is 1. The van der Waals surface area contributed by atoms with Crippen LogP contribution in [-0.4, -0.2) is 47.4 Å². The second-order valence-electron chi connectivity index (χ2n) is 28.8. The number of hydrogen-bond acceptors (Lipinski definition) is 5. The molecular weight excluding hydrogens is 1090 g/mol. The van der Waals surface area contributed by atoms with Crippen molar-refractivity contribution in [1.82, 2.24) is 5.32 Å². The molecule has 0 heterocycles. The van der Waals surface area contributed by atoms with E-state index in [1.165, 1.54) is 417 Å². The lowest BCUT2D eigenvalue weighted by atomic mass is 10.0. The number of esters is 1. The zero-order chi connectivity index (χ0) is 64.2. The molecule has 6 nitrogen and oxygen atoms in total. The van der Waals surface area contributed by atoms with Gasteiger partial charge in [-0.2, -0.15) is 0 Å². The number of carbonyl (C=O) groups excluding carboxylic acids is 2. The van der Waals surface area contributed by atoms with Crippen LogP contribution in [0.2, 0.25) is 0 Å². The monoisotopic (exact) mass is 1250 g/mol. The third kappa shape index (κ3) is 75.5. The first-order valence-electron chi connectivity index (χ1n) is 41.5. The Morgan fingerprint density at radius 2 is 0.517 bits per heavy atom. The van der Waals surface area contributed by atoms with Gasteiger partial charge < -0.3 is 20.3 Å². The zero-order valence-corrected chi connectivity index (χ0v) is 61.0. The van der Waals surface area contributed by atoms with Gasteiger partial charge in [0.1, 0.15) is 0 Å². The fourth-order valence-electron chi connectivity index (χ4n) is 13.5. The number of rotatable bonds is 79. The maximum Gasteiger partial charge on any atom is 0.305 e. The molecule has 2 atom stereocenters. The highest BCUT2D eigenvalue weighted by atomic mass is 16.5. The fourth-order valence-corrected chi connectivity index (χ4v) is 13.5. The standard InChI is InChI=1S/C83H163NO5/c1-3-5-7-9-11-13-15-17-19-21-23-24-37-40-43-47-51-55-59-63-67-71-75-81(86)80(79-85)84-82(87)76-72-68-64-60-56-52-48-44-41-38-35-33-31-29-27-25-26-28-30-32-34-36-39-42-46-50-54-58-62-66-70-74-78-89-83(88)77-73-69-65-61-57-53-49-45-22-20-18-16-14-12-10-8-6-4-2/h71,75,80-81,85-86H,3-70,72-74,76-79H2,1-2H3,(H,84,87)/b75-71+. The molecule has 530 valence electrons. The third-order valence-corrected chi connectivity index (χ3v) is 19.8. The Kier molecular flexibility index (Phi) is 77.8. The molecule has 0 radical (unpaired) electrons. The van der Waals surface area contributed by atoms with Crippen LogP contribution in [0.1, 0.15) is 483 Å². The lowest BCUT2D eigenvalue weighted by Gasteiger charge is -2.20. The van der Waals surface area contributed by atoms with E-state index in [4.69, 9.17) is 4.74 Å². The van der Waals surface area contributed by atoms with E-state index in [1.54, 1.807) is 6.08 Å². The lowest BCUT2D eigenvalue weighted by Crippen LogP contribution is -2.45. The van der Waals surface area contributed by atoms with Gasteiger partial charge in [0, 0.05) is 12.8 Å². The summed E-state index contributed by atoms with van der Waals surface area (Å²) in [5.41, 5.74) is 0. The molecule has 3 N–H and O–H groups in total.